The van der Waals surface area contributed by atoms with Crippen LogP contribution in [0.25, 0.3) is 0 Å². The average Bonchev–Trinajstić information content (AvgIpc) is 2.19. The molecule has 1 aliphatic heterocycles. The molecule has 1 saturated heterocycles. The van der Waals surface area contributed by atoms with E-state index in [1.165, 1.54) is 0 Å². The van der Waals surface area contributed by atoms with Crippen molar-refractivity contribution in [2.45, 2.75) is 13.0 Å². The predicted octanol–water partition coefficient (Wildman–Crippen LogP) is -0.170. The molecule has 0 aromatic carbocycles. The normalized spacial score (nSPS) is 22.3. The highest BCUT2D eigenvalue weighted by atomic mass is 16.5. The lowest BCUT2D eigenvalue weighted by Crippen LogP contribution is -2.62. The number of aliphatic carboxylic acids is 1. The van der Waals surface area contributed by atoms with E-state index >= 15 is 0 Å². The SMILES string of the molecule is CC[N+]1(C(C#N)C(=O)O)CCOCC1. The van der Waals surface area contributed by atoms with Crippen molar-refractivity contribution in [1.82, 2.24) is 0 Å². The summed E-state index contributed by atoms with van der Waals surface area (Å²) in [5.41, 5.74) is 0. The molecule has 1 atom stereocenters. The first kappa shape index (κ1) is 11.0. The lowest BCUT2D eigenvalue weighted by molar-refractivity contribution is -0.941. The summed E-state index contributed by atoms with van der Waals surface area (Å²) in [6, 6.07) is 0.925. The second-order valence-corrected chi connectivity index (χ2v) is 3.46. The quantitative estimate of drug-likeness (QED) is 0.641. The van der Waals surface area contributed by atoms with E-state index in [9.17, 15) is 4.79 Å². The van der Waals surface area contributed by atoms with E-state index in [4.69, 9.17) is 15.1 Å². The summed E-state index contributed by atoms with van der Waals surface area (Å²) in [4.78, 5) is 10.9. The third kappa shape index (κ3) is 1.86. The third-order valence-corrected chi connectivity index (χ3v) is 2.90. The molecule has 5 nitrogen and oxygen atoms in total. The van der Waals surface area contributed by atoms with E-state index < -0.39 is 12.0 Å². The Morgan fingerprint density at radius 3 is 2.57 bits per heavy atom. The van der Waals surface area contributed by atoms with Gasteiger partial charge >= 0.3 is 5.97 Å². The van der Waals surface area contributed by atoms with Crippen molar-refractivity contribution < 1.29 is 19.1 Å². The molecule has 1 N–H and O–H groups in total. The van der Waals surface area contributed by atoms with Crippen molar-refractivity contribution in [3.05, 3.63) is 0 Å². The fourth-order valence-electron chi connectivity index (χ4n) is 1.88. The molecular formula is C9H15N2O3+. The zero-order chi connectivity index (χ0) is 10.6. The number of morpholine rings is 1. The summed E-state index contributed by atoms with van der Waals surface area (Å²) in [6.45, 7) is 4.88. The van der Waals surface area contributed by atoms with Crippen molar-refractivity contribution in [2.75, 3.05) is 32.8 Å². The summed E-state index contributed by atoms with van der Waals surface area (Å²) >= 11 is 0. The Balaban J connectivity index is 2.86. The molecule has 0 bridgehead atoms. The molecule has 1 rings (SSSR count). The van der Waals surface area contributed by atoms with Crippen LogP contribution in [0.3, 0.4) is 0 Å². The fourth-order valence-corrected chi connectivity index (χ4v) is 1.88. The van der Waals surface area contributed by atoms with Gasteiger partial charge in [-0.05, 0) is 6.92 Å². The number of likely N-dealkylation sites (N-methyl/N-ethyl adjacent to an activating group) is 1. The first-order valence-corrected chi connectivity index (χ1v) is 4.72. The van der Waals surface area contributed by atoms with Gasteiger partial charge in [-0.15, -0.1) is 0 Å². The maximum Gasteiger partial charge on any atom is 0.378 e. The zero-order valence-corrected chi connectivity index (χ0v) is 8.27. The van der Waals surface area contributed by atoms with Gasteiger partial charge in [0.2, 0.25) is 0 Å². The Morgan fingerprint density at radius 1 is 1.64 bits per heavy atom. The van der Waals surface area contributed by atoms with Gasteiger partial charge in [-0.2, -0.15) is 5.26 Å². The molecule has 0 aliphatic carbocycles. The monoisotopic (exact) mass is 199 g/mol. The minimum atomic E-state index is -1.03. The number of hydrogen-bond acceptors (Lipinski definition) is 3. The Bertz CT molecular complexity index is 253. The van der Waals surface area contributed by atoms with Gasteiger partial charge in [-0.1, -0.05) is 0 Å². The molecule has 1 fully saturated rings. The van der Waals surface area contributed by atoms with Crippen molar-refractivity contribution >= 4 is 5.97 Å². The van der Waals surface area contributed by atoms with Gasteiger partial charge in [-0.3, -0.25) is 4.48 Å². The van der Waals surface area contributed by atoms with E-state index in [0.29, 0.717) is 37.3 Å². The molecule has 14 heavy (non-hydrogen) atoms. The summed E-state index contributed by atoms with van der Waals surface area (Å²) in [5, 5.41) is 17.8. The number of hydrogen-bond donors (Lipinski definition) is 1. The van der Waals surface area contributed by atoms with Crippen LogP contribution in [0.4, 0.5) is 0 Å². The second-order valence-electron chi connectivity index (χ2n) is 3.46. The standard InChI is InChI=1S/C9H14N2O3/c1-2-11(3-5-14-6-4-11)8(7-10)9(12)13/h8H,2-6H2,1H3/p+1. The molecule has 0 radical (unpaired) electrons. The number of quaternary nitrogens is 1. The minimum absolute atomic E-state index is 0.325. The van der Waals surface area contributed by atoms with Crippen LogP contribution in [0.15, 0.2) is 0 Å². The summed E-state index contributed by atoms with van der Waals surface area (Å²) < 4.78 is 5.51. The van der Waals surface area contributed by atoms with E-state index in [0.717, 1.165) is 0 Å². The molecule has 0 amide bonds. The molecule has 0 aromatic heterocycles. The number of carboxylic acids is 1. The molecule has 1 aliphatic rings. The summed E-state index contributed by atoms with van der Waals surface area (Å²) in [6.07, 6.45) is 0. The van der Waals surface area contributed by atoms with Crippen LogP contribution in [-0.2, 0) is 9.53 Å². The molecule has 5 heteroatoms. The Morgan fingerprint density at radius 2 is 2.21 bits per heavy atom. The van der Waals surface area contributed by atoms with Gasteiger partial charge < -0.3 is 9.84 Å². The van der Waals surface area contributed by atoms with Crippen molar-refractivity contribution in [3.8, 4) is 6.07 Å². The number of rotatable bonds is 3. The van der Waals surface area contributed by atoms with Crippen LogP contribution in [0.1, 0.15) is 6.92 Å². The number of carbonyl (C=O) groups is 1. The van der Waals surface area contributed by atoms with E-state index in [1.807, 2.05) is 13.0 Å². The van der Waals surface area contributed by atoms with Gasteiger partial charge in [0.15, 0.2) is 0 Å². The lowest BCUT2D eigenvalue weighted by atomic mass is 10.1. The molecule has 0 aromatic rings. The first-order valence-electron chi connectivity index (χ1n) is 4.72. The van der Waals surface area contributed by atoms with Gasteiger partial charge in [0.05, 0.1) is 19.8 Å². The molecular weight excluding hydrogens is 184 g/mol. The largest absolute Gasteiger partial charge is 0.476 e. The topological polar surface area (TPSA) is 70.3 Å². The van der Waals surface area contributed by atoms with Crippen molar-refractivity contribution in [3.63, 3.8) is 0 Å². The van der Waals surface area contributed by atoms with E-state index in [-0.39, 0.29) is 0 Å². The highest BCUT2D eigenvalue weighted by Gasteiger charge is 2.42. The third-order valence-electron chi connectivity index (χ3n) is 2.90. The van der Waals surface area contributed by atoms with E-state index in [2.05, 4.69) is 0 Å². The van der Waals surface area contributed by atoms with Gasteiger partial charge in [0, 0.05) is 0 Å². The van der Waals surface area contributed by atoms with Crippen molar-refractivity contribution in [1.29, 1.82) is 5.26 Å². The first-order chi connectivity index (χ1) is 6.66. The van der Waals surface area contributed by atoms with Crippen molar-refractivity contribution in [2.24, 2.45) is 0 Å². The van der Waals surface area contributed by atoms with Crippen LogP contribution in [0.5, 0.6) is 0 Å². The summed E-state index contributed by atoms with van der Waals surface area (Å²) in [7, 11) is 0. The van der Waals surface area contributed by atoms with Gasteiger partial charge in [-0.25, -0.2) is 4.79 Å². The fraction of sp³-hybridized carbons (Fsp3) is 0.778. The number of nitriles is 1. The second kappa shape index (κ2) is 4.40. The highest BCUT2D eigenvalue weighted by molar-refractivity contribution is 5.75. The molecule has 1 heterocycles. The zero-order valence-electron chi connectivity index (χ0n) is 8.27. The lowest BCUT2D eigenvalue weighted by Gasteiger charge is -2.41. The van der Waals surface area contributed by atoms with Gasteiger partial charge in [0.1, 0.15) is 19.2 Å². The van der Waals surface area contributed by atoms with Gasteiger partial charge in [0.25, 0.3) is 6.04 Å². The number of carboxylic acid groups (broad SMARTS) is 1. The van der Waals surface area contributed by atoms with E-state index in [1.54, 1.807) is 0 Å². The molecule has 0 spiro atoms. The smallest absolute Gasteiger partial charge is 0.378 e. The highest BCUT2D eigenvalue weighted by Crippen LogP contribution is 2.16. The van der Waals surface area contributed by atoms with Crippen LogP contribution >= 0.6 is 0 Å². The number of nitrogens with zero attached hydrogens (tertiary/aromatic N) is 2. The molecule has 78 valence electrons. The Kier molecular flexibility index (Phi) is 3.44. The van der Waals surface area contributed by atoms with Crippen LogP contribution < -0.4 is 0 Å². The molecule has 0 saturated carbocycles. The predicted molar refractivity (Wildman–Crippen MR) is 48.4 cm³/mol. The number of ether oxygens (including phenoxy) is 1. The Hall–Kier alpha value is -1.12. The Labute approximate surface area is 83.1 Å². The maximum atomic E-state index is 10.9. The maximum absolute atomic E-state index is 10.9. The van der Waals surface area contributed by atoms with Crippen LogP contribution in [0.2, 0.25) is 0 Å². The average molecular weight is 199 g/mol. The molecule has 1 unspecified atom stereocenters. The summed E-state index contributed by atoms with van der Waals surface area (Å²) in [5.74, 6) is -1.03. The van der Waals surface area contributed by atoms with Crippen LogP contribution in [-0.4, -0.2) is 54.4 Å². The minimum Gasteiger partial charge on any atom is -0.476 e. The van der Waals surface area contributed by atoms with Crippen LogP contribution in [0, 0.1) is 11.3 Å².